The minimum absolute atomic E-state index is 0.215. The molecule has 1 saturated heterocycles. The van der Waals surface area contributed by atoms with Crippen molar-refractivity contribution in [3.63, 3.8) is 0 Å². The Balaban J connectivity index is 1.33. The molecule has 1 N–H and O–H groups in total. The molecular weight excluding hydrogens is 524 g/mol. The number of pyridine rings is 1. The van der Waals surface area contributed by atoms with E-state index >= 15 is 0 Å². The SMILES string of the molecule is O=C(N/N=C\C12c3ccccc3C(c3ccccc31)[C@@H]1C(=O)N(c3cccc4ccccc34)C(=O)[C@H]12)c1cccnc1. The number of nitrogens with zero attached hydrogens (tertiary/aromatic N) is 3. The summed E-state index contributed by atoms with van der Waals surface area (Å²) in [7, 11) is 0. The summed E-state index contributed by atoms with van der Waals surface area (Å²) >= 11 is 0. The van der Waals surface area contributed by atoms with Gasteiger partial charge >= 0.3 is 0 Å². The average Bonchev–Trinajstić information content (AvgIpc) is 3.31. The summed E-state index contributed by atoms with van der Waals surface area (Å²) in [5.74, 6) is -2.53. The van der Waals surface area contributed by atoms with Crippen LogP contribution in [0.1, 0.15) is 38.5 Å². The summed E-state index contributed by atoms with van der Waals surface area (Å²) in [6.07, 6.45) is 4.73. The number of carbonyl (C=O) groups is 3. The molecule has 2 bridgehead atoms. The van der Waals surface area contributed by atoms with Crippen LogP contribution in [0.15, 0.2) is 121 Å². The van der Waals surface area contributed by atoms with Crippen LogP contribution < -0.4 is 10.3 Å². The van der Waals surface area contributed by atoms with Crippen molar-refractivity contribution in [2.24, 2.45) is 16.9 Å². The van der Waals surface area contributed by atoms with E-state index in [9.17, 15) is 14.4 Å². The molecule has 5 aromatic rings. The molecule has 3 aliphatic carbocycles. The van der Waals surface area contributed by atoms with Gasteiger partial charge in [0, 0.05) is 29.9 Å². The highest BCUT2D eigenvalue weighted by Crippen LogP contribution is 2.63. The van der Waals surface area contributed by atoms with Crippen molar-refractivity contribution < 1.29 is 14.4 Å². The van der Waals surface area contributed by atoms with E-state index in [1.54, 1.807) is 24.5 Å². The number of carbonyl (C=O) groups excluding carboxylic acids is 3. The van der Waals surface area contributed by atoms with Crippen molar-refractivity contribution in [3.05, 3.63) is 143 Å². The van der Waals surface area contributed by atoms with Crippen LogP contribution in [0.4, 0.5) is 5.69 Å². The summed E-state index contributed by atoms with van der Waals surface area (Å²) in [5, 5.41) is 6.26. The fourth-order valence-corrected chi connectivity index (χ4v) is 7.44. The van der Waals surface area contributed by atoms with E-state index in [0.717, 1.165) is 33.0 Å². The maximum Gasteiger partial charge on any atom is 0.272 e. The molecule has 0 saturated carbocycles. The van der Waals surface area contributed by atoms with Crippen LogP contribution in [0.2, 0.25) is 0 Å². The van der Waals surface area contributed by atoms with E-state index in [4.69, 9.17) is 0 Å². The van der Waals surface area contributed by atoms with Crippen LogP contribution in [0.3, 0.4) is 0 Å². The minimum Gasteiger partial charge on any atom is -0.274 e. The van der Waals surface area contributed by atoms with Gasteiger partial charge in [0.1, 0.15) is 0 Å². The van der Waals surface area contributed by atoms with E-state index < -0.39 is 23.2 Å². The maximum atomic E-state index is 14.7. The monoisotopic (exact) mass is 548 g/mol. The van der Waals surface area contributed by atoms with Crippen LogP contribution in [-0.2, 0) is 15.0 Å². The van der Waals surface area contributed by atoms with E-state index in [1.807, 2.05) is 91.0 Å². The van der Waals surface area contributed by atoms with Gasteiger partial charge in [-0.3, -0.25) is 19.4 Å². The lowest BCUT2D eigenvalue weighted by atomic mass is 9.47. The first-order chi connectivity index (χ1) is 20.6. The third-order valence-corrected chi connectivity index (χ3v) is 9.05. The van der Waals surface area contributed by atoms with Crippen molar-refractivity contribution in [1.82, 2.24) is 10.4 Å². The van der Waals surface area contributed by atoms with Gasteiger partial charge in [0.25, 0.3) is 5.91 Å². The van der Waals surface area contributed by atoms with E-state index in [2.05, 4.69) is 15.5 Å². The highest BCUT2D eigenvalue weighted by Gasteiger charge is 2.68. The molecule has 0 unspecified atom stereocenters. The Bertz CT molecular complexity index is 1920. The highest BCUT2D eigenvalue weighted by molar-refractivity contribution is 6.27. The molecule has 4 aliphatic rings. The Kier molecular flexibility index (Phi) is 5.25. The fourth-order valence-electron chi connectivity index (χ4n) is 7.44. The van der Waals surface area contributed by atoms with Gasteiger partial charge in [-0.2, -0.15) is 5.10 Å². The number of anilines is 1. The first-order valence-electron chi connectivity index (χ1n) is 13.9. The molecular formula is C35H24N4O3. The molecule has 2 heterocycles. The molecule has 4 aromatic carbocycles. The number of fused-ring (bicyclic) bond motifs is 1. The summed E-state index contributed by atoms with van der Waals surface area (Å²) < 4.78 is 0. The fraction of sp³-hybridized carbons (Fsp3) is 0.114. The molecule has 0 spiro atoms. The zero-order valence-electron chi connectivity index (χ0n) is 22.3. The van der Waals surface area contributed by atoms with Gasteiger partial charge in [0.2, 0.25) is 11.8 Å². The topological polar surface area (TPSA) is 91.7 Å². The van der Waals surface area contributed by atoms with Crippen molar-refractivity contribution >= 4 is 40.4 Å². The number of hydrogen-bond donors (Lipinski definition) is 1. The molecule has 42 heavy (non-hydrogen) atoms. The second-order valence-corrected chi connectivity index (χ2v) is 11.0. The van der Waals surface area contributed by atoms with Gasteiger partial charge in [-0.25, -0.2) is 10.3 Å². The van der Waals surface area contributed by atoms with Gasteiger partial charge in [-0.05, 0) is 45.8 Å². The zero-order valence-corrected chi connectivity index (χ0v) is 22.3. The smallest absolute Gasteiger partial charge is 0.272 e. The molecule has 202 valence electrons. The first kappa shape index (κ1) is 24.4. The Morgan fingerprint density at radius 2 is 1.50 bits per heavy atom. The number of hydrogen-bond acceptors (Lipinski definition) is 5. The predicted molar refractivity (Wildman–Crippen MR) is 159 cm³/mol. The van der Waals surface area contributed by atoms with Gasteiger partial charge in [0.15, 0.2) is 0 Å². The third kappa shape index (κ3) is 3.19. The lowest BCUT2D eigenvalue weighted by molar-refractivity contribution is -0.122. The zero-order chi connectivity index (χ0) is 28.4. The molecule has 1 aliphatic heterocycles. The van der Waals surface area contributed by atoms with Crippen LogP contribution in [-0.4, -0.2) is 28.9 Å². The van der Waals surface area contributed by atoms with Crippen LogP contribution in [0.5, 0.6) is 0 Å². The number of benzene rings is 4. The maximum absolute atomic E-state index is 14.7. The lowest BCUT2D eigenvalue weighted by Gasteiger charge is -2.52. The Hall–Kier alpha value is -5.43. The van der Waals surface area contributed by atoms with Gasteiger partial charge in [0.05, 0.1) is 28.5 Å². The minimum atomic E-state index is -1.07. The standard InChI is InChI=1S/C35H24N4O3/c40-32(22-11-8-18-36-19-22)38-37-20-35-26-15-5-3-13-24(26)29(25-14-4-6-16-27(25)35)30-31(35)34(42)39(33(30)41)28-17-7-10-21-9-1-2-12-23(21)28/h1-20,29-31H,(H,38,40)/b37-20-/t29?,30-,31-,35?/m0/s1. The van der Waals surface area contributed by atoms with E-state index in [0.29, 0.717) is 11.3 Å². The van der Waals surface area contributed by atoms with E-state index in [-0.39, 0.29) is 17.7 Å². The second kappa shape index (κ2) is 9.04. The number of imide groups is 1. The first-order valence-corrected chi connectivity index (χ1v) is 13.9. The van der Waals surface area contributed by atoms with Crippen molar-refractivity contribution in [1.29, 1.82) is 0 Å². The van der Waals surface area contributed by atoms with Gasteiger partial charge < -0.3 is 0 Å². The second-order valence-electron chi connectivity index (χ2n) is 11.0. The summed E-state index contributed by atoms with van der Waals surface area (Å²) in [4.78, 5) is 47.5. The molecule has 7 nitrogen and oxygen atoms in total. The molecule has 7 heteroatoms. The van der Waals surface area contributed by atoms with Crippen LogP contribution in [0, 0.1) is 11.8 Å². The van der Waals surface area contributed by atoms with Gasteiger partial charge in [-0.1, -0.05) is 84.9 Å². The number of amides is 3. The summed E-state index contributed by atoms with van der Waals surface area (Å²) in [6, 6.07) is 32.8. The Morgan fingerprint density at radius 1 is 0.810 bits per heavy atom. The lowest BCUT2D eigenvalue weighted by Crippen LogP contribution is -2.54. The highest BCUT2D eigenvalue weighted by atomic mass is 16.2. The molecule has 2 atom stereocenters. The molecule has 0 radical (unpaired) electrons. The van der Waals surface area contributed by atoms with Crippen LogP contribution in [0.25, 0.3) is 10.8 Å². The predicted octanol–water partition coefficient (Wildman–Crippen LogP) is 5.20. The van der Waals surface area contributed by atoms with Crippen molar-refractivity contribution in [2.45, 2.75) is 11.3 Å². The van der Waals surface area contributed by atoms with Gasteiger partial charge in [-0.15, -0.1) is 0 Å². The normalized spacial score (nSPS) is 23.6. The van der Waals surface area contributed by atoms with Crippen molar-refractivity contribution in [2.75, 3.05) is 4.90 Å². The molecule has 1 fully saturated rings. The largest absolute Gasteiger partial charge is 0.274 e. The molecule has 3 amide bonds. The molecule has 1 aromatic heterocycles. The number of aromatic nitrogens is 1. The quantitative estimate of drug-likeness (QED) is 0.190. The Labute approximate surface area is 241 Å². The Morgan fingerprint density at radius 3 is 2.24 bits per heavy atom. The number of rotatable bonds is 4. The summed E-state index contributed by atoms with van der Waals surface area (Å²) in [6.45, 7) is 0. The average molecular weight is 549 g/mol. The summed E-state index contributed by atoms with van der Waals surface area (Å²) in [5.41, 5.74) is 6.38. The third-order valence-electron chi connectivity index (χ3n) is 9.05. The molecule has 9 rings (SSSR count). The number of hydrazone groups is 1. The van der Waals surface area contributed by atoms with Crippen molar-refractivity contribution in [3.8, 4) is 0 Å². The van der Waals surface area contributed by atoms with Crippen LogP contribution >= 0.6 is 0 Å². The number of nitrogens with one attached hydrogen (secondary N) is 1. The van der Waals surface area contributed by atoms with E-state index in [1.165, 1.54) is 11.1 Å².